The minimum absolute atomic E-state index is 0.249. The zero-order valence-electron chi connectivity index (χ0n) is 19.8. The van der Waals surface area contributed by atoms with Gasteiger partial charge in [0.1, 0.15) is 5.75 Å². The van der Waals surface area contributed by atoms with Crippen molar-refractivity contribution in [3.05, 3.63) is 58.8 Å². The highest BCUT2D eigenvalue weighted by atomic mass is 16.5. The van der Waals surface area contributed by atoms with E-state index in [-0.39, 0.29) is 13.2 Å². The number of hydrogen-bond donors (Lipinski definition) is 0. The summed E-state index contributed by atoms with van der Waals surface area (Å²) < 4.78 is 24.7. The number of hydrogen-bond acceptors (Lipinski definition) is 6. The average molecular weight is 459 g/mol. The monoisotopic (exact) mass is 459 g/mol. The second-order valence-corrected chi connectivity index (χ2v) is 8.08. The smallest absolute Gasteiger partial charge is 0.340 e. The van der Waals surface area contributed by atoms with Crippen molar-refractivity contribution >= 4 is 44.8 Å². The molecule has 7 nitrogen and oxygen atoms in total. The summed E-state index contributed by atoms with van der Waals surface area (Å²) in [4.78, 5) is 26.3. The Bertz CT molecular complexity index is 1570. The molecule has 2 heterocycles. The lowest BCUT2D eigenvalue weighted by atomic mass is 9.90. The van der Waals surface area contributed by atoms with Gasteiger partial charge in [0.05, 0.1) is 42.7 Å². The maximum Gasteiger partial charge on any atom is 0.340 e. The lowest BCUT2D eigenvalue weighted by molar-refractivity contribution is 0.0518. The van der Waals surface area contributed by atoms with E-state index in [1.165, 1.54) is 0 Å². The third-order valence-electron chi connectivity index (χ3n) is 6.27. The first-order chi connectivity index (χ1) is 16.4. The van der Waals surface area contributed by atoms with Crippen LogP contribution in [0.5, 0.6) is 5.75 Å². The fourth-order valence-electron chi connectivity index (χ4n) is 4.87. The van der Waals surface area contributed by atoms with Crippen molar-refractivity contribution in [1.29, 1.82) is 0 Å². The molecule has 0 bridgehead atoms. The van der Waals surface area contributed by atoms with Crippen molar-refractivity contribution in [2.45, 2.75) is 27.7 Å². The summed E-state index contributed by atoms with van der Waals surface area (Å²) in [6.07, 6.45) is 0. The summed E-state index contributed by atoms with van der Waals surface area (Å²) in [5, 5.41) is 2.14. The molecule has 0 saturated carbocycles. The number of nitrogens with zero attached hydrogens (tertiary/aromatic N) is 1. The Balaban J connectivity index is 2.10. The van der Waals surface area contributed by atoms with E-state index in [2.05, 4.69) is 0 Å². The van der Waals surface area contributed by atoms with Gasteiger partial charge in [-0.15, -0.1) is 0 Å². The van der Waals surface area contributed by atoms with Crippen LogP contribution in [0, 0.1) is 13.8 Å². The molecule has 0 aliphatic carbocycles. The van der Waals surface area contributed by atoms with Gasteiger partial charge >= 0.3 is 11.9 Å². The first-order valence-electron chi connectivity index (χ1n) is 11.2. The van der Waals surface area contributed by atoms with Crippen LogP contribution in [0.4, 0.5) is 0 Å². The predicted octanol–water partition coefficient (Wildman–Crippen LogP) is 5.95. The number of aryl methyl sites for hydroxylation is 1. The number of rotatable bonds is 5. The van der Waals surface area contributed by atoms with Crippen LogP contribution < -0.4 is 4.74 Å². The van der Waals surface area contributed by atoms with Crippen LogP contribution in [0.1, 0.15) is 45.8 Å². The molecular formula is C27H25NO6. The van der Waals surface area contributed by atoms with Gasteiger partial charge in [0.15, 0.2) is 11.2 Å². The van der Waals surface area contributed by atoms with Crippen LogP contribution in [-0.4, -0.2) is 36.8 Å². The number of pyridine rings is 1. The van der Waals surface area contributed by atoms with Crippen molar-refractivity contribution in [2.75, 3.05) is 20.3 Å². The van der Waals surface area contributed by atoms with Gasteiger partial charge in [-0.3, -0.25) is 0 Å². The van der Waals surface area contributed by atoms with Crippen molar-refractivity contribution in [2.24, 2.45) is 0 Å². The Hall–Kier alpha value is -4.00. The van der Waals surface area contributed by atoms with E-state index in [1.54, 1.807) is 21.0 Å². The lowest BCUT2D eigenvalue weighted by Crippen LogP contribution is -2.18. The molecule has 7 heteroatoms. The van der Waals surface area contributed by atoms with Gasteiger partial charge < -0.3 is 23.2 Å². The molecule has 0 amide bonds. The Kier molecular flexibility index (Phi) is 5.20. The quantitative estimate of drug-likeness (QED) is 0.184. The molecule has 0 radical (unpaired) electrons. The summed E-state index contributed by atoms with van der Waals surface area (Å²) in [6, 6.07) is 11.1. The average Bonchev–Trinajstić information content (AvgIpc) is 2.83. The normalized spacial score (nSPS) is 11.6. The number of methoxy groups -OCH3 is 1. The van der Waals surface area contributed by atoms with Gasteiger partial charge in [0.2, 0.25) is 0 Å². The van der Waals surface area contributed by atoms with E-state index in [0.717, 1.165) is 16.6 Å². The number of benzene rings is 3. The van der Waals surface area contributed by atoms with Crippen LogP contribution >= 0.6 is 0 Å². The van der Waals surface area contributed by atoms with Crippen molar-refractivity contribution in [3.8, 4) is 11.4 Å². The molecule has 0 saturated heterocycles. The van der Waals surface area contributed by atoms with Crippen LogP contribution in [0.15, 0.2) is 40.8 Å². The number of esters is 2. The summed E-state index contributed by atoms with van der Waals surface area (Å²) >= 11 is 0. The van der Waals surface area contributed by atoms with E-state index in [9.17, 15) is 9.59 Å². The molecule has 0 N–H and O–H groups in total. The van der Waals surface area contributed by atoms with Gasteiger partial charge in [-0.05, 0) is 45.2 Å². The molecule has 0 spiro atoms. The molecule has 3 aromatic rings. The Morgan fingerprint density at radius 3 is 2.24 bits per heavy atom. The zero-order valence-corrected chi connectivity index (χ0v) is 19.8. The largest absolute Gasteiger partial charge is 0.497 e. The Morgan fingerprint density at radius 1 is 0.941 bits per heavy atom. The maximum atomic E-state index is 13.2. The molecule has 0 unspecified atom stereocenters. The Labute approximate surface area is 196 Å². The van der Waals surface area contributed by atoms with Crippen molar-refractivity contribution < 1.29 is 28.2 Å². The molecule has 0 fully saturated rings. The zero-order chi connectivity index (χ0) is 24.1. The molecule has 174 valence electrons. The maximum absolute atomic E-state index is 13.2. The third-order valence-corrected chi connectivity index (χ3v) is 6.27. The van der Waals surface area contributed by atoms with Gasteiger partial charge in [0, 0.05) is 28.1 Å². The molecule has 0 atom stereocenters. The summed E-state index contributed by atoms with van der Waals surface area (Å²) in [5.41, 5.74) is 4.93. The topological polar surface area (TPSA) is 79.9 Å². The van der Waals surface area contributed by atoms with Gasteiger partial charge in [0.25, 0.3) is 0 Å². The first-order valence-corrected chi connectivity index (χ1v) is 11.2. The van der Waals surface area contributed by atoms with E-state index in [0.29, 0.717) is 50.1 Å². The number of carbonyl (C=O) groups is 2. The molecule has 3 aromatic carbocycles. The number of aromatic nitrogens is 1. The van der Waals surface area contributed by atoms with Gasteiger partial charge in [-0.2, -0.15) is 0 Å². The minimum atomic E-state index is -0.431. The highest BCUT2D eigenvalue weighted by Gasteiger charge is 2.31. The lowest BCUT2D eigenvalue weighted by Gasteiger charge is -2.27. The molecule has 2 aliphatic rings. The molecule has 34 heavy (non-hydrogen) atoms. The minimum Gasteiger partial charge on any atom is -0.497 e. The fourth-order valence-corrected chi connectivity index (χ4v) is 4.87. The van der Waals surface area contributed by atoms with E-state index in [4.69, 9.17) is 18.6 Å². The van der Waals surface area contributed by atoms with E-state index in [1.807, 2.05) is 54.8 Å². The van der Waals surface area contributed by atoms with Crippen LogP contribution in [-0.2, 0) is 9.47 Å². The number of carbonyl (C=O) groups excluding carboxylic acids is 2. The third kappa shape index (κ3) is 2.96. The Morgan fingerprint density at radius 2 is 1.59 bits per heavy atom. The van der Waals surface area contributed by atoms with Crippen LogP contribution in [0.3, 0.4) is 0 Å². The summed E-state index contributed by atoms with van der Waals surface area (Å²) in [7, 11) is 1.60. The van der Waals surface area contributed by atoms with Gasteiger partial charge in [-0.1, -0.05) is 18.2 Å². The number of ether oxygens (including phenoxy) is 3. The SMILES string of the molecule is CCOC(=O)c1c(C)c2oc3ccc(OC)cc3n3c(C)c(C(=O)OCC)c4cccc1c4c2-3. The van der Waals surface area contributed by atoms with Crippen LogP contribution in [0.25, 0.3) is 38.5 Å². The molecule has 0 aromatic heterocycles. The highest BCUT2D eigenvalue weighted by Crippen LogP contribution is 2.44. The molecular weight excluding hydrogens is 434 g/mol. The fraction of sp³-hybridized carbons (Fsp3) is 0.259. The van der Waals surface area contributed by atoms with E-state index < -0.39 is 11.9 Å². The summed E-state index contributed by atoms with van der Waals surface area (Å²) in [5.74, 6) is -0.195. The molecule has 5 rings (SSSR count). The summed E-state index contributed by atoms with van der Waals surface area (Å²) in [6.45, 7) is 7.80. The second-order valence-electron chi connectivity index (χ2n) is 8.08. The van der Waals surface area contributed by atoms with Crippen molar-refractivity contribution in [1.82, 2.24) is 4.57 Å². The first kappa shape index (κ1) is 21.8. The standard InChI is InChI=1S/C27H25NO6/c1-6-32-26(29)21-14(3)25-24-23-17(21)9-8-10-18(23)22(27(30)33-7-2)15(4)28(24)19-13-16(31-5)11-12-20(19)34-25/h8-13H,6-7H2,1-5H3. The highest BCUT2D eigenvalue weighted by molar-refractivity contribution is 6.22. The number of fused-ring (bicyclic) bond motifs is 2. The predicted molar refractivity (Wildman–Crippen MR) is 130 cm³/mol. The van der Waals surface area contributed by atoms with Crippen molar-refractivity contribution in [3.63, 3.8) is 0 Å². The second kappa shape index (κ2) is 8.09. The van der Waals surface area contributed by atoms with Crippen LogP contribution in [0.2, 0.25) is 0 Å². The molecule has 2 aliphatic heterocycles. The van der Waals surface area contributed by atoms with E-state index >= 15 is 0 Å². The van der Waals surface area contributed by atoms with Gasteiger partial charge in [-0.25, -0.2) is 9.59 Å².